The van der Waals surface area contributed by atoms with Gasteiger partial charge in [-0.1, -0.05) is 22.9 Å². The molecule has 70 valence electrons. The number of hydrogen-bond donors (Lipinski definition) is 0. The van der Waals surface area contributed by atoms with Crippen molar-refractivity contribution < 1.29 is 14.3 Å². The third kappa shape index (κ3) is 4.49. The van der Waals surface area contributed by atoms with E-state index in [2.05, 4.69) is 20.7 Å². The molecule has 0 saturated carbocycles. The van der Waals surface area contributed by atoms with E-state index >= 15 is 0 Å². The summed E-state index contributed by atoms with van der Waals surface area (Å²) >= 11 is 3.16. The van der Waals surface area contributed by atoms with Gasteiger partial charge < -0.3 is 4.74 Å². The van der Waals surface area contributed by atoms with Crippen molar-refractivity contribution in [3.05, 3.63) is 0 Å². The van der Waals surface area contributed by atoms with Crippen LogP contribution in [-0.2, 0) is 14.3 Å². The molecule has 0 fully saturated rings. The molecule has 0 aliphatic rings. The third-order valence-electron chi connectivity index (χ3n) is 1.33. The van der Waals surface area contributed by atoms with Crippen molar-refractivity contribution in [1.82, 2.24) is 0 Å². The molecular weight excluding hydrogens is 224 g/mol. The zero-order chi connectivity index (χ0) is 9.56. The van der Waals surface area contributed by atoms with Gasteiger partial charge in [0.15, 0.2) is 5.78 Å². The van der Waals surface area contributed by atoms with Gasteiger partial charge in [0, 0.05) is 0 Å². The van der Waals surface area contributed by atoms with Gasteiger partial charge in [0.05, 0.1) is 11.4 Å². The van der Waals surface area contributed by atoms with E-state index in [9.17, 15) is 9.59 Å². The van der Waals surface area contributed by atoms with Gasteiger partial charge >= 0.3 is 5.97 Å². The number of Topliss-reactive ketones (excluding diaryl/α,β-unsaturated/α-hetero) is 1. The summed E-state index contributed by atoms with van der Waals surface area (Å²) in [7, 11) is 0. The van der Waals surface area contributed by atoms with E-state index in [1.807, 2.05) is 6.92 Å². The Hall–Kier alpha value is -0.380. The summed E-state index contributed by atoms with van der Waals surface area (Å²) in [5, 5.41) is 0. The molecule has 0 aromatic carbocycles. The van der Waals surface area contributed by atoms with Crippen molar-refractivity contribution in [2.75, 3.05) is 6.61 Å². The molecule has 0 unspecified atom stereocenters. The summed E-state index contributed by atoms with van der Waals surface area (Å²) in [6.07, 6.45) is 0.565. The summed E-state index contributed by atoms with van der Waals surface area (Å²) in [5.74, 6) is -0.559. The number of carbonyl (C=O) groups is 2. The monoisotopic (exact) mass is 236 g/mol. The second kappa shape index (κ2) is 6.17. The lowest BCUT2D eigenvalue weighted by Crippen LogP contribution is -2.18. The van der Waals surface area contributed by atoms with Crippen molar-refractivity contribution in [3.63, 3.8) is 0 Å². The predicted molar refractivity (Wildman–Crippen MR) is 49.3 cm³/mol. The summed E-state index contributed by atoms with van der Waals surface area (Å²) in [5.41, 5.74) is 0. The quantitative estimate of drug-likeness (QED) is 0.415. The predicted octanol–water partition coefficient (Wildman–Crippen LogP) is 1.68. The van der Waals surface area contributed by atoms with Crippen molar-refractivity contribution in [2.24, 2.45) is 0 Å². The summed E-state index contributed by atoms with van der Waals surface area (Å²) < 4.78 is 4.63. The SMILES string of the molecule is CCOC(=O)CC(=O)[C@@H](Br)CC. The Kier molecular flexibility index (Phi) is 5.98. The third-order valence-corrected chi connectivity index (χ3v) is 2.49. The molecule has 0 saturated heterocycles. The maximum absolute atomic E-state index is 11.1. The minimum Gasteiger partial charge on any atom is -0.466 e. The number of esters is 1. The first-order valence-corrected chi connectivity index (χ1v) is 4.85. The van der Waals surface area contributed by atoms with Crippen LogP contribution in [-0.4, -0.2) is 23.2 Å². The fraction of sp³-hybridized carbons (Fsp3) is 0.750. The molecule has 4 heteroatoms. The van der Waals surface area contributed by atoms with Crippen LogP contribution in [0.25, 0.3) is 0 Å². The molecule has 0 aromatic heterocycles. The largest absolute Gasteiger partial charge is 0.466 e. The van der Waals surface area contributed by atoms with Crippen molar-refractivity contribution >= 4 is 27.7 Å². The first kappa shape index (κ1) is 11.6. The Morgan fingerprint density at radius 1 is 1.42 bits per heavy atom. The Morgan fingerprint density at radius 3 is 2.42 bits per heavy atom. The molecule has 0 heterocycles. The first-order valence-electron chi connectivity index (χ1n) is 3.94. The molecule has 0 amide bonds. The highest BCUT2D eigenvalue weighted by molar-refractivity contribution is 9.10. The van der Waals surface area contributed by atoms with Gasteiger partial charge in [-0.25, -0.2) is 0 Å². The highest BCUT2D eigenvalue weighted by Crippen LogP contribution is 2.08. The number of carbonyl (C=O) groups excluding carboxylic acids is 2. The lowest BCUT2D eigenvalue weighted by Gasteiger charge is -2.04. The molecule has 0 bridgehead atoms. The summed E-state index contributed by atoms with van der Waals surface area (Å²) in [4.78, 5) is 21.7. The lowest BCUT2D eigenvalue weighted by atomic mass is 10.2. The molecule has 1 atom stereocenters. The molecule has 0 rings (SSSR count). The smallest absolute Gasteiger partial charge is 0.313 e. The highest BCUT2D eigenvalue weighted by Gasteiger charge is 2.16. The molecule has 0 N–H and O–H groups in total. The second-order valence-electron chi connectivity index (χ2n) is 2.32. The summed E-state index contributed by atoms with van der Waals surface area (Å²) in [6, 6.07) is 0. The minimum atomic E-state index is -0.444. The van der Waals surface area contributed by atoms with Crippen molar-refractivity contribution in [3.8, 4) is 0 Å². The summed E-state index contributed by atoms with van der Waals surface area (Å²) in [6.45, 7) is 3.92. The maximum Gasteiger partial charge on any atom is 0.313 e. The minimum absolute atomic E-state index is 0.115. The van der Waals surface area contributed by atoms with E-state index in [1.165, 1.54) is 0 Å². The zero-order valence-electron chi connectivity index (χ0n) is 7.30. The average molecular weight is 237 g/mol. The van der Waals surface area contributed by atoms with E-state index in [0.717, 1.165) is 0 Å². The Bertz CT molecular complexity index is 168. The number of ether oxygens (including phenoxy) is 1. The van der Waals surface area contributed by atoms with Gasteiger partial charge in [-0.15, -0.1) is 0 Å². The molecule has 0 spiro atoms. The van der Waals surface area contributed by atoms with Gasteiger partial charge in [-0.2, -0.15) is 0 Å². The van der Waals surface area contributed by atoms with E-state index in [-0.39, 0.29) is 17.0 Å². The molecule has 3 nitrogen and oxygen atoms in total. The fourth-order valence-corrected chi connectivity index (χ4v) is 0.855. The lowest BCUT2D eigenvalue weighted by molar-refractivity contribution is -0.145. The maximum atomic E-state index is 11.1. The van der Waals surface area contributed by atoms with E-state index in [1.54, 1.807) is 6.92 Å². The number of halogens is 1. The van der Waals surface area contributed by atoms with Crippen LogP contribution in [0.4, 0.5) is 0 Å². The zero-order valence-corrected chi connectivity index (χ0v) is 8.89. The number of alkyl halides is 1. The molecule has 12 heavy (non-hydrogen) atoms. The molecule has 0 aromatic rings. The van der Waals surface area contributed by atoms with Gasteiger partial charge in [0.1, 0.15) is 6.42 Å². The van der Waals surface area contributed by atoms with Gasteiger partial charge in [-0.05, 0) is 13.3 Å². The van der Waals surface area contributed by atoms with Crippen molar-refractivity contribution in [2.45, 2.75) is 31.5 Å². The van der Waals surface area contributed by atoms with E-state index in [0.29, 0.717) is 13.0 Å². The van der Waals surface area contributed by atoms with Crippen LogP contribution in [0, 0.1) is 0 Å². The number of rotatable bonds is 5. The first-order chi connectivity index (χ1) is 5.61. The Morgan fingerprint density at radius 2 is 2.00 bits per heavy atom. The highest BCUT2D eigenvalue weighted by atomic mass is 79.9. The second-order valence-corrected chi connectivity index (χ2v) is 3.43. The van der Waals surface area contributed by atoms with Gasteiger partial charge in [-0.3, -0.25) is 9.59 Å². The standard InChI is InChI=1S/C8H13BrO3/c1-3-6(9)7(10)5-8(11)12-4-2/h6H,3-5H2,1-2H3/t6-/m0/s1. The van der Waals surface area contributed by atoms with Gasteiger partial charge in [0.2, 0.25) is 0 Å². The molecule has 0 radical (unpaired) electrons. The van der Waals surface area contributed by atoms with Crippen LogP contribution in [0.2, 0.25) is 0 Å². The van der Waals surface area contributed by atoms with Crippen LogP contribution < -0.4 is 0 Å². The number of ketones is 1. The topological polar surface area (TPSA) is 43.4 Å². The van der Waals surface area contributed by atoms with E-state index in [4.69, 9.17) is 0 Å². The molecule has 0 aliphatic heterocycles. The fourth-order valence-electron chi connectivity index (χ4n) is 0.693. The van der Waals surface area contributed by atoms with Crippen LogP contribution in [0.3, 0.4) is 0 Å². The van der Waals surface area contributed by atoms with Gasteiger partial charge in [0.25, 0.3) is 0 Å². The van der Waals surface area contributed by atoms with Crippen LogP contribution in [0.15, 0.2) is 0 Å². The Labute approximate surface area is 80.6 Å². The Balaban J connectivity index is 3.76. The number of hydrogen-bond acceptors (Lipinski definition) is 3. The van der Waals surface area contributed by atoms with Crippen molar-refractivity contribution in [1.29, 1.82) is 0 Å². The van der Waals surface area contributed by atoms with Crippen LogP contribution in [0.1, 0.15) is 26.7 Å². The van der Waals surface area contributed by atoms with Crippen LogP contribution in [0.5, 0.6) is 0 Å². The van der Waals surface area contributed by atoms with Crippen LogP contribution >= 0.6 is 15.9 Å². The average Bonchev–Trinajstić information content (AvgIpc) is 2.03. The molecular formula is C8H13BrO3. The normalized spacial score (nSPS) is 12.2. The van der Waals surface area contributed by atoms with E-state index < -0.39 is 5.97 Å². The molecule has 0 aliphatic carbocycles.